The quantitative estimate of drug-likeness (QED) is 0.211. The van der Waals surface area contributed by atoms with E-state index in [0.717, 1.165) is 5.56 Å². The molecule has 0 bridgehead atoms. The molecule has 0 spiro atoms. The van der Waals surface area contributed by atoms with Crippen LogP contribution >= 0.6 is 0 Å². The van der Waals surface area contributed by atoms with Crippen LogP contribution in [0.1, 0.15) is 28.4 Å². The van der Waals surface area contributed by atoms with Crippen LogP contribution in [0, 0.1) is 0 Å². The lowest BCUT2D eigenvalue weighted by Gasteiger charge is -2.11. The van der Waals surface area contributed by atoms with E-state index in [9.17, 15) is 9.59 Å². The highest BCUT2D eigenvalue weighted by atomic mass is 16.5. The number of esters is 1. The van der Waals surface area contributed by atoms with Crippen LogP contribution in [0.15, 0.2) is 78.9 Å². The highest BCUT2D eigenvalue weighted by Gasteiger charge is 2.17. The van der Waals surface area contributed by atoms with Crippen molar-refractivity contribution >= 4 is 23.4 Å². The summed E-state index contributed by atoms with van der Waals surface area (Å²) in [6.45, 7) is 2.08. The summed E-state index contributed by atoms with van der Waals surface area (Å²) >= 11 is 0. The van der Waals surface area contributed by atoms with Crippen molar-refractivity contribution in [3.8, 4) is 11.5 Å². The first-order chi connectivity index (χ1) is 15.1. The zero-order chi connectivity index (χ0) is 22.1. The minimum absolute atomic E-state index is 0.291. The van der Waals surface area contributed by atoms with E-state index < -0.39 is 5.97 Å². The maximum atomic E-state index is 12.9. The number of methoxy groups -OCH3 is 1. The molecular weight excluding hydrogens is 392 g/mol. The fourth-order valence-corrected chi connectivity index (χ4v) is 3.01. The van der Waals surface area contributed by atoms with Crippen LogP contribution in [0.3, 0.4) is 0 Å². The Bertz CT molecular complexity index is 1050. The number of rotatable bonds is 9. The Labute approximate surface area is 181 Å². The standard InChI is InChI=1S/C26H24O5/c1-3-30-22-15-13-20(14-16-22)24(27)18-31-26(28)23(19-9-5-4-6-10-19)17-21-11-7-8-12-25(21)29-2/h4-17H,3,18H2,1-2H3/b23-17+. The van der Waals surface area contributed by atoms with Crippen LogP contribution in [0.4, 0.5) is 0 Å². The van der Waals surface area contributed by atoms with Gasteiger partial charge >= 0.3 is 5.97 Å². The van der Waals surface area contributed by atoms with Crippen molar-refractivity contribution in [1.82, 2.24) is 0 Å². The van der Waals surface area contributed by atoms with Gasteiger partial charge in [-0.25, -0.2) is 4.79 Å². The normalized spacial score (nSPS) is 11.0. The fourth-order valence-electron chi connectivity index (χ4n) is 3.01. The number of hydrogen-bond acceptors (Lipinski definition) is 5. The van der Waals surface area contributed by atoms with Crippen molar-refractivity contribution in [3.05, 3.63) is 95.6 Å². The molecule has 0 aliphatic heterocycles. The van der Waals surface area contributed by atoms with Gasteiger partial charge in [-0.1, -0.05) is 48.5 Å². The van der Waals surface area contributed by atoms with E-state index in [1.165, 1.54) is 0 Å². The summed E-state index contributed by atoms with van der Waals surface area (Å²) in [6.07, 6.45) is 1.71. The summed E-state index contributed by atoms with van der Waals surface area (Å²) in [4.78, 5) is 25.4. The van der Waals surface area contributed by atoms with Crippen LogP contribution in [0.5, 0.6) is 11.5 Å². The van der Waals surface area contributed by atoms with Gasteiger partial charge in [0.05, 0.1) is 19.3 Å². The highest BCUT2D eigenvalue weighted by Crippen LogP contribution is 2.25. The second kappa shape index (κ2) is 10.8. The third-order valence-electron chi connectivity index (χ3n) is 4.57. The van der Waals surface area contributed by atoms with E-state index in [0.29, 0.717) is 34.8 Å². The third-order valence-corrected chi connectivity index (χ3v) is 4.57. The molecule has 31 heavy (non-hydrogen) atoms. The molecule has 0 saturated carbocycles. The molecule has 0 aliphatic rings. The second-order valence-corrected chi connectivity index (χ2v) is 6.62. The van der Waals surface area contributed by atoms with E-state index >= 15 is 0 Å². The molecule has 0 heterocycles. The number of Topliss-reactive ketones (excluding diaryl/α,β-unsaturated/α-hetero) is 1. The molecule has 0 N–H and O–H groups in total. The lowest BCUT2D eigenvalue weighted by atomic mass is 10.0. The number of carbonyl (C=O) groups excluding carboxylic acids is 2. The van der Waals surface area contributed by atoms with E-state index in [1.54, 1.807) is 37.5 Å². The van der Waals surface area contributed by atoms with Gasteiger partial charge in [0.1, 0.15) is 11.5 Å². The van der Waals surface area contributed by atoms with Gasteiger partial charge in [-0.15, -0.1) is 0 Å². The van der Waals surface area contributed by atoms with Gasteiger partial charge in [-0.2, -0.15) is 0 Å². The summed E-state index contributed by atoms with van der Waals surface area (Å²) in [5.74, 6) is 0.439. The zero-order valence-corrected chi connectivity index (χ0v) is 17.5. The molecule has 5 heteroatoms. The zero-order valence-electron chi connectivity index (χ0n) is 17.5. The number of ketones is 1. The number of benzene rings is 3. The molecule has 0 aromatic heterocycles. The first kappa shape index (κ1) is 21.8. The maximum Gasteiger partial charge on any atom is 0.339 e. The Hall–Kier alpha value is -3.86. The number of hydrogen-bond donors (Lipinski definition) is 0. The minimum Gasteiger partial charge on any atom is -0.496 e. The molecule has 0 fully saturated rings. The van der Waals surface area contributed by atoms with Crippen LogP contribution < -0.4 is 9.47 Å². The van der Waals surface area contributed by atoms with Crippen molar-refractivity contribution in [3.63, 3.8) is 0 Å². The summed E-state index contributed by atoms with van der Waals surface area (Å²) in [6, 6.07) is 23.3. The molecule has 0 atom stereocenters. The van der Waals surface area contributed by atoms with Crippen LogP contribution in [-0.4, -0.2) is 32.1 Å². The van der Waals surface area contributed by atoms with Crippen LogP contribution in [0.25, 0.3) is 11.6 Å². The SMILES string of the molecule is CCOc1ccc(C(=O)COC(=O)/C(=C/c2ccccc2OC)c2ccccc2)cc1. The summed E-state index contributed by atoms with van der Waals surface area (Å²) in [5.41, 5.74) is 2.21. The first-order valence-corrected chi connectivity index (χ1v) is 9.95. The van der Waals surface area contributed by atoms with Gasteiger partial charge in [-0.3, -0.25) is 4.79 Å². The van der Waals surface area contributed by atoms with E-state index in [4.69, 9.17) is 14.2 Å². The Balaban J connectivity index is 1.79. The molecule has 3 aromatic carbocycles. The van der Waals surface area contributed by atoms with Gasteiger partial charge in [0.15, 0.2) is 12.4 Å². The lowest BCUT2D eigenvalue weighted by Crippen LogP contribution is -2.15. The Morgan fingerprint density at radius 3 is 2.19 bits per heavy atom. The van der Waals surface area contributed by atoms with Gasteiger partial charge in [-0.05, 0) is 48.9 Å². The van der Waals surface area contributed by atoms with Crippen molar-refractivity contribution < 1.29 is 23.8 Å². The van der Waals surface area contributed by atoms with Crippen molar-refractivity contribution in [2.75, 3.05) is 20.3 Å². The minimum atomic E-state index is -0.587. The maximum absolute atomic E-state index is 12.9. The lowest BCUT2D eigenvalue weighted by molar-refractivity contribution is -0.135. The molecule has 0 radical (unpaired) electrons. The third kappa shape index (κ3) is 5.82. The predicted molar refractivity (Wildman–Crippen MR) is 120 cm³/mol. The summed E-state index contributed by atoms with van der Waals surface area (Å²) in [5, 5.41) is 0. The number of carbonyl (C=O) groups is 2. The second-order valence-electron chi connectivity index (χ2n) is 6.62. The van der Waals surface area contributed by atoms with Gasteiger partial charge in [0.25, 0.3) is 0 Å². The van der Waals surface area contributed by atoms with Crippen molar-refractivity contribution in [1.29, 1.82) is 0 Å². The smallest absolute Gasteiger partial charge is 0.339 e. The molecule has 0 unspecified atom stereocenters. The summed E-state index contributed by atoms with van der Waals surface area (Å²) in [7, 11) is 1.57. The molecular formula is C26H24O5. The summed E-state index contributed by atoms with van der Waals surface area (Å²) < 4.78 is 16.1. The monoisotopic (exact) mass is 416 g/mol. The fraction of sp³-hybridized carbons (Fsp3) is 0.154. The van der Waals surface area contributed by atoms with Crippen molar-refractivity contribution in [2.45, 2.75) is 6.92 Å². The Morgan fingerprint density at radius 1 is 0.839 bits per heavy atom. The average molecular weight is 416 g/mol. The predicted octanol–water partition coefficient (Wildman–Crippen LogP) is 5.06. The molecule has 3 rings (SSSR count). The Kier molecular flexibility index (Phi) is 7.60. The van der Waals surface area contributed by atoms with Crippen LogP contribution in [-0.2, 0) is 9.53 Å². The number of para-hydroxylation sites is 1. The molecule has 5 nitrogen and oxygen atoms in total. The van der Waals surface area contributed by atoms with Crippen LogP contribution in [0.2, 0.25) is 0 Å². The molecule has 0 aliphatic carbocycles. The van der Waals surface area contributed by atoms with Gasteiger partial charge in [0.2, 0.25) is 0 Å². The number of ether oxygens (including phenoxy) is 3. The highest BCUT2D eigenvalue weighted by molar-refractivity contribution is 6.22. The topological polar surface area (TPSA) is 61.8 Å². The molecule has 0 saturated heterocycles. The average Bonchev–Trinajstić information content (AvgIpc) is 2.82. The largest absolute Gasteiger partial charge is 0.496 e. The van der Waals surface area contributed by atoms with Crippen molar-refractivity contribution in [2.24, 2.45) is 0 Å². The molecule has 158 valence electrons. The van der Waals surface area contributed by atoms with E-state index in [2.05, 4.69) is 0 Å². The van der Waals surface area contributed by atoms with E-state index in [-0.39, 0.29) is 12.4 Å². The van der Waals surface area contributed by atoms with Gasteiger partial charge in [0, 0.05) is 11.1 Å². The molecule has 3 aromatic rings. The van der Waals surface area contributed by atoms with E-state index in [1.807, 2.05) is 61.5 Å². The molecule has 0 amide bonds. The Morgan fingerprint density at radius 2 is 1.52 bits per heavy atom. The first-order valence-electron chi connectivity index (χ1n) is 9.95. The van der Waals surface area contributed by atoms with Gasteiger partial charge < -0.3 is 14.2 Å².